The van der Waals surface area contributed by atoms with Crippen LogP contribution in [0.3, 0.4) is 0 Å². The van der Waals surface area contributed by atoms with Crippen molar-refractivity contribution >= 4 is 23.5 Å². The van der Waals surface area contributed by atoms with Gasteiger partial charge in [0.25, 0.3) is 5.91 Å². The smallest absolute Gasteiger partial charge is 0.273 e. The second kappa shape index (κ2) is 11.6. The van der Waals surface area contributed by atoms with Gasteiger partial charge in [-0.15, -0.1) is 5.10 Å². The Morgan fingerprint density at radius 1 is 1.36 bits per heavy atom. The number of hydrogen-bond donors (Lipinski definition) is 3. The van der Waals surface area contributed by atoms with Gasteiger partial charge in [-0.3, -0.25) is 9.79 Å². The topological polar surface area (TPSA) is 179 Å². The molecule has 1 saturated carbocycles. The summed E-state index contributed by atoms with van der Waals surface area (Å²) in [5, 5.41) is 28.1. The Bertz CT molecular complexity index is 1660. The molecule has 1 aliphatic heterocycles. The first-order chi connectivity index (χ1) is 20.5. The van der Waals surface area contributed by atoms with Gasteiger partial charge in [0, 0.05) is 36.0 Å². The Balaban J connectivity index is 1.16. The fraction of sp³-hybridized carbons (Fsp3) is 0.370. The second-order valence-corrected chi connectivity index (χ2v) is 10.2. The molecule has 0 radical (unpaired) electrons. The van der Waals surface area contributed by atoms with Crippen molar-refractivity contribution in [2.24, 2.45) is 21.9 Å². The summed E-state index contributed by atoms with van der Waals surface area (Å²) in [5.74, 6) is 4.67. The molecule has 0 spiro atoms. The number of imidazole rings is 1. The number of fused-ring (bicyclic) bond motifs is 1. The molecule has 4 heterocycles. The third-order valence-electron chi connectivity index (χ3n) is 7.39. The molecule has 2 fully saturated rings. The predicted molar refractivity (Wildman–Crippen MR) is 148 cm³/mol. The summed E-state index contributed by atoms with van der Waals surface area (Å²) in [6.45, 7) is 0.955. The van der Waals surface area contributed by atoms with Gasteiger partial charge in [-0.1, -0.05) is 0 Å². The number of aliphatic hydroxyl groups is 1. The van der Waals surface area contributed by atoms with Crippen LogP contribution in [0.2, 0.25) is 0 Å². The number of aliphatic hydroxyl groups excluding tert-OH is 1. The van der Waals surface area contributed by atoms with E-state index in [0.29, 0.717) is 36.2 Å². The number of nitrogens with two attached hydrogens (primary N) is 1. The van der Waals surface area contributed by atoms with Crippen LogP contribution in [0.1, 0.15) is 47.2 Å². The number of ether oxygens (including phenoxy) is 2. The summed E-state index contributed by atoms with van der Waals surface area (Å²) in [6.07, 6.45) is 8.04. The highest BCUT2D eigenvalue weighted by Crippen LogP contribution is 2.42. The number of pyridine rings is 1. The number of carbonyl (C=O) groups is 1. The molecule has 4 N–H and O–H groups in total. The van der Waals surface area contributed by atoms with Crippen molar-refractivity contribution < 1.29 is 23.8 Å². The summed E-state index contributed by atoms with van der Waals surface area (Å²) >= 11 is 0. The molecule has 42 heavy (non-hydrogen) atoms. The number of nitrogens with one attached hydrogen (secondary N) is 1. The molecule has 1 amide bonds. The van der Waals surface area contributed by atoms with E-state index in [-0.39, 0.29) is 36.0 Å². The minimum atomic E-state index is -0.672. The van der Waals surface area contributed by atoms with E-state index in [1.807, 2.05) is 16.8 Å². The quantitative estimate of drug-likeness (QED) is 0.134. The van der Waals surface area contributed by atoms with E-state index in [4.69, 9.17) is 20.3 Å². The molecular formula is C27H29FN10O4. The lowest BCUT2D eigenvalue weighted by molar-refractivity contribution is -0.114. The number of rotatable bonds is 11. The lowest BCUT2D eigenvalue weighted by Gasteiger charge is -2.30. The monoisotopic (exact) mass is 576 g/mol. The Hall–Kier alpha value is -4.76. The SMILES string of the molecule is COc1ccc(-n2cnnn2)c(CNC(=O)C(C=NCc2cn3cc(C4CC4)cc(C(O)C4COC4)c3n2)=NN)c1F. The standard InChI is InChI=1S/C27H29FN10O4/c1-41-23-5-4-22(38-14-32-35-36-38)20(24(23)28)8-31-27(40)21(34-29)9-30-7-18-11-37-10-16(15-2-3-15)6-19(26(37)33-18)25(39)17-12-42-13-17/h4-6,9-11,14-15,17,25,39H,2-3,7-8,12-13,29H2,1H3,(H,31,40). The number of amides is 1. The molecule has 4 aromatic rings. The fourth-order valence-electron chi connectivity index (χ4n) is 4.86. The molecule has 1 saturated heterocycles. The molecule has 1 aromatic carbocycles. The first-order valence-electron chi connectivity index (χ1n) is 13.4. The van der Waals surface area contributed by atoms with E-state index in [1.54, 1.807) is 6.07 Å². The highest BCUT2D eigenvalue weighted by Gasteiger charge is 2.32. The number of methoxy groups -OCH3 is 1. The molecular weight excluding hydrogens is 547 g/mol. The van der Waals surface area contributed by atoms with E-state index in [9.17, 15) is 9.90 Å². The van der Waals surface area contributed by atoms with Crippen molar-refractivity contribution in [3.63, 3.8) is 0 Å². The maximum Gasteiger partial charge on any atom is 0.273 e. The number of hydrazone groups is 1. The molecule has 218 valence electrons. The minimum absolute atomic E-state index is 0.00115. The average molecular weight is 577 g/mol. The Morgan fingerprint density at radius 2 is 2.19 bits per heavy atom. The molecule has 1 atom stereocenters. The number of aromatic nitrogens is 6. The zero-order valence-corrected chi connectivity index (χ0v) is 22.7. The summed E-state index contributed by atoms with van der Waals surface area (Å²) in [4.78, 5) is 21.9. The zero-order valence-electron chi connectivity index (χ0n) is 22.7. The predicted octanol–water partition coefficient (Wildman–Crippen LogP) is 1.22. The Labute approximate surface area is 239 Å². The first kappa shape index (κ1) is 27.4. The molecule has 6 rings (SSSR count). The number of hydrogen-bond acceptors (Lipinski definition) is 11. The number of benzene rings is 1. The van der Waals surface area contributed by atoms with E-state index >= 15 is 4.39 Å². The zero-order chi connectivity index (χ0) is 29.2. The minimum Gasteiger partial charge on any atom is -0.494 e. The molecule has 1 unspecified atom stereocenters. The molecule has 0 bridgehead atoms. The number of carbonyl (C=O) groups excluding carboxylic acids is 1. The molecule has 2 aliphatic rings. The van der Waals surface area contributed by atoms with Crippen molar-refractivity contribution in [3.8, 4) is 11.4 Å². The number of halogens is 1. The van der Waals surface area contributed by atoms with Crippen molar-refractivity contribution in [2.75, 3.05) is 20.3 Å². The van der Waals surface area contributed by atoms with Gasteiger partial charge >= 0.3 is 0 Å². The fourth-order valence-corrected chi connectivity index (χ4v) is 4.86. The first-order valence-corrected chi connectivity index (χ1v) is 13.4. The Kier molecular flexibility index (Phi) is 7.58. The second-order valence-electron chi connectivity index (χ2n) is 10.2. The van der Waals surface area contributed by atoms with Gasteiger partial charge in [-0.2, -0.15) is 5.10 Å². The van der Waals surface area contributed by atoms with Crippen LogP contribution in [-0.2, 0) is 22.6 Å². The highest BCUT2D eigenvalue weighted by molar-refractivity contribution is 6.60. The van der Waals surface area contributed by atoms with Crippen molar-refractivity contribution in [1.29, 1.82) is 0 Å². The molecule has 14 nitrogen and oxygen atoms in total. The van der Waals surface area contributed by atoms with Crippen molar-refractivity contribution in [3.05, 3.63) is 65.1 Å². The molecule has 15 heteroatoms. The highest BCUT2D eigenvalue weighted by atomic mass is 19.1. The van der Waals surface area contributed by atoms with Crippen LogP contribution in [0.5, 0.6) is 5.75 Å². The van der Waals surface area contributed by atoms with Gasteiger partial charge in [0.2, 0.25) is 0 Å². The average Bonchev–Trinajstić information content (AvgIpc) is 3.50. The lowest BCUT2D eigenvalue weighted by atomic mass is 9.93. The molecule has 3 aromatic heterocycles. The lowest BCUT2D eigenvalue weighted by Crippen LogP contribution is -2.33. The van der Waals surface area contributed by atoms with Crippen LogP contribution in [0.15, 0.2) is 47.0 Å². The van der Waals surface area contributed by atoms with Crippen LogP contribution in [0.4, 0.5) is 4.39 Å². The third kappa shape index (κ3) is 5.43. The van der Waals surface area contributed by atoms with E-state index < -0.39 is 17.8 Å². The van der Waals surface area contributed by atoms with Gasteiger partial charge in [-0.05, 0) is 52.9 Å². The van der Waals surface area contributed by atoms with Crippen molar-refractivity contribution in [2.45, 2.75) is 38.0 Å². The van der Waals surface area contributed by atoms with Crippen LogP contribution >= 0.6 is 0 Å². The molecule has 1 aliphatic carbocycles. The van der Waals surface area contributed by atoms with Crippen LogP contribution in [0.25, 0.3) is 11.3 Å². The van der Waals surface area contributed by atoms with Crippen LogP contribution in [0, 0.1) is 11.7 Å². The number of tetrazole rings is 1. The van der Waals surface area contributed by atoms with E-state index in [1.165, 1.54) is 36.0 Å². The third-order valence-corrected chi connectivity index (χ3v) is 7.39. The number of aliphatic imine (C=N–C) groups is 1. The normalized spacial score (nSPS) is 16.6. The summed E-state index contributed by atoms with van der Waals surface area (Å²) in [7, 11) is 1.34. The summed E-state index contributed by atoms with van der Waals surface area (Å²) < 4.78 is 28.6. The largest absolute Gasteiger partial charge is 0.494 e. The van der Waals surface area contributed by atoms with Gasteiger partial charge in [-0.25, -0.2) is 14.1 Å². The summed E-state index contributed by atoms with van der Waals surface area (Å²) in [5.41, 5.74) is 3.51. The number of nitrogens with zero attached hydrogens (tertiary/aromatic N) is 8. The van der Waals surface area contributed by atoms with E-state index in [2.05, 4.69) is 37.0 Å². The van der Waals surface area contributed by atoms with Crippen LogP contribution in [-0.4, -0.2) is 72.9 Å². The van der Waals surface area contributed by atoms with E-state index in [0.717, 1.165) is 18.4 Å². The van der Waals surface area contributed by atoms with Crippen molar-refractivity contribution in [1.82, 2.24) is 34.9 Å². The van der Waals surface area contributed by atoms with Gasteiger partial charge in [0.1, 0.15) is 12.0 Å². The summed E-state index contributed by atoms with van der Waals surface area (Å²) in [6, 6.07) is 5.07. The van der Waals surface area contributed by atoms with Gasteiger partial charge in [0.15, 0.2) is 17.3 Å². The van der Waals surface area contributed by atoms with Gasteiger partial charge in [0.05, 0.1) is 50.6 Å². The maximum atomic E-state index is 15.1. The van der Waals surface area contributed by atoms with Crippen LogP contribution < -0.4 is 15.9 Å². The maximum absolute atomic E-state index is 15.1. The van der Waals surface area contributed by atoms with Gasteiger partial charge < -0.3 is 30.1 Å². The Morgan fingerprint density at radius 3 is 2.86 bits per heavy atom.